The summed E-state index contributed by atoms with van der Waals surface area (Å²) in [5.41, 5.74) is 23.4. The first-order chi connectivity index (χ1) is 19.5. The molecular weight excluding hydrogens is 549 g/mol. The number of aliphatic hydroxyl groups is 5. The maximum absolute atomic E-state index is 12.5. The molecule has 17 heteroatoms. The molecule has 15 N–H and O–H groups in total. The zero-order valence-corrected chi connectivity index (χ0v) is 22.9. The maximum atomic E-state index is 12.5. The number of aliphatic imine (C=N–C) groups is 1. The zero-order chi connectivity index (χ0) is 29.9. The summed E-state index contributed by atoms with van der Waals surface area (Å²) in [7, 11) is 0. The van der Waals surface area contributed by atoms with Gasteiger partial charge in [0.05, 0.1) is 30.8 Å². The van der Waals surface area contributed by atoms with Gasteiger partial charge in [-0.3, -0.25) is 4.99 Å². The molecule has 0 amide bonds. The summed E-state index contributed by atoms with van der Waals surface area (Å²) >= 11 is 0. The van der Waals surface area contributed by atoms with Crippen LogP contribution in [-0.4, -0.2) is 156 Å². The molecule has 0 bridgehead atoms. The average Bonchev–Trinajstić information content (AvgIpc) is 2.93. The second kappa shape index (κ2) is 14.1. The lowest BCUT2D eigenvalue weighted by Crippen LogP contribution is -2.68. The van der Waals surface area contributed by atoms with Crippen LogP contribution in [0.25, 0.3) is 0 Å². The van der Waals surface area contributed by atoms with Crippen molar-refractivity contribution in [1.29, 1.82) is 0 Å². The van der Waals surface area contributed by atoms with Crippen LogP contribution in [0.2, 0.25) is 0 Å². The third kappa shape index (κ3) is 7.32. The minimum atomic E-state index is -1.52. The Morgan fingerprint density at radius 2 is 1.71 bits per heavy atom. The van der Waals surface area contributed by atoms with Crippen molar-refractivity contribution in [1.82, 2.24) is 10.6 Å². The predicted molar refractivity (Wildman–Crippen MR) is 142 cm³/mol. The quantitative estimate of drug-likeness (QED) is 0.0602. The molecule has 0 radical (unpaired) electrons. The van der Waals surface area contributed by atoms with Crippen LogP contribution >= 0.6 is 0 Å². The van der Waals surface area contributed by atoms with E-state index in [1.54, 1.807) is 0 Å². The van der Waals surface area contributed by atoms with Gasteiger partial charge in [0.15, 0.2) is 12.6 Å². The van der Waals surface area contributed by atoms with Crippen molar-refractivity contribution in [2.45, 2.75) is 104 Å². The predicted octanol–water partition coefficient (Wildman–Crippen LogP) is -5.93. The van der Waals surface area contributed by atoms with Crippen molar-refractivity contribution >= 4 is 5.84 Å². The Morgan fingerprint density at radius 1 is 1.00 bits per heavy atom. The standard InChI is InChI=1S/C24H46FN7O9/c25-3-4-30-6-10-1-2-11(26)21(38-10)40-19-12(27)5-13(32-23(29)24(37)8-31-9-24)20(18(19)36)41-22-17(35)15(28)16(34)14(7-33)39-22/h10-22,30-31,33-37H,1-9,26-28H2,(H2,29,32). The van der Waals surface area contributed by atoms with Gasteiger partial charge >= 0.3 is 0 Å². The molecule has 1 aliphatic carbocycles. The first-order valence-corrected chi connectivity index (χ1v) is 14.1. The number of ether oxygens (including phenoxy) is 4. The van der Waals surface area contributed by atoms with Crippen LogP contribution in [0, 0.1) is 0 Å². The van der Waals surface area contributed by atoms with Crippen LogP contribution in [0.5, 0.6) is 0 Å². The number of nitrogens with one attached hydrogen (secondary N) is 2. The van der Waals surface area contributed by atoms with E-state index >= 15 is 0 Å². The van der Waals surface area contributed by atoms with Crippen molar-refractivity contribution in [3.63, 3.8) is 0 Å². The second-order valence-electron chi connectivity index (χ2n) is 11.4. The molecular formula is C24H46FN7O9. The number of halogens is 1. The number of nitrogens with zero attached hydrogens (tertiary/aromatic N) is 1. The molecule has 0 aromatic rings. The summed E-state index contributed by atoms with van der Waals surface area (Å²) < 4.78 is 36.2. The molecule has 16 nitrogen and oxygen atoms in total. The monoisotopic (exact) mass is 595 g/mol. The summed E-state index contributed by atoms with van der Waals surface area (Å²) in [5.74, 6) is -0.0830. The summed E-state index contributed by atoms with van der Waals surface area (Å²) in [6, 6.07) is -3.44. The van der Waals surface area contributed by atoms with E-state index in [1.807, 2.05) is 0 Å². The normalized spacial score (nSPS) is 45.3. The number of alkyl halides is 1. The highest BCUT2D eigenvalue weighted by molar-refractivity contribution is 5.90. The highest BCUT2D eigenvalue weighted by atomic mass is 19.1. The fraction of sp³-hybridized carbons (Fsp3) is 0.958. The largest absolute Gasteiger partial charge is 0.394 e. The van der Waals surface area contributed by atoms with Crippen LogP contribution in [0.15, 0.2) is 4.99 Å². The highest BCUT2D eigenvalue weighted by Gasteiger charge is 2.51. The van der Waals surface area contributed by atoms with Gasteiger partial charge in [-0.15, -0.1) is 0 Å². The van der Waals surface area contributed by atoms with Gasteiger partial charge in [0, 0.05) is 32.2 Å². The third-order valence-electron chi connectivity index (χ3n) is 8.27. The SMILES string of the molecule is NC(=NC1CC(N)C(OC2OC(CNCCF)CCC2N)C(O)C1OC1OC(CO)C(O)C(N)C1O)C1(O)CNC1. The van der Waals surface area contributed by atoms with Gasteiger partial charge in [-0.1, -0.05) is 0 Å². The fourth-order valence-corrected chi connectivity index (χ4v) is 5.56. The van der Waals surface area contributed by atoms with Gasteiger partial charge in [0.1, 0.15) is 54.7 Å². The van der Waals surface area contributed by atoms with Gasteiger partial charge in [-0.2, -0.15) is 0 Å². The number of nitrogens with two attached hydrogens (primary N) is 4. The third-order valence-corrected chi connectivity index (χ3v) is 8.27. The Morgan fingerprint density at radius 3 is 2.34 bits per heavy atom. The summed E-state index contributed by atoms with van der Waals surface area (Å²) in [6.07, 6.45) is -9.23. The molecule has 3 heterocycles. The lowest BCUT2D eigenvalue weighted by atomic mass is 9.83. The van der Waals surface area contributed by atoms with Gasteiger partial charge in [-0.05, 0) is 19.3 Å². The van der Waals surface area contributed by atoms with Gasteiger partial charge in [-0.25, -0.2) is 4.39 Å². The van der Waals surface area contributed by atoms with E-state index in [-0.39, 0.29) is 38.0 Å². The Kier molecular flexibility index (Phi) is 11.2. The lowest BCUT2D eigenvalue weighted by Gasteiger charge is -2.48. The van der Waals surface area contributed by atoms with E-state index in [4.69, 9.17) is 41.9 Å². The summed E-state index contributed by atoms with van der Waals surface area (Å²) in [5, 5.41) is 58.6. The Bertz CT molecular complexity index is 875. The van der Waals surface area contributed by atoms with Crippen molar-refractivity contribution < 1.29 is 48.9 Å². The Balaban J connectivity index is 1.54. The molecule has 1 saturated carbocycles. The molecule has 41 heavy (non-hydrogen) atoms. The highest BCUT2D eigenvalue weighted by Crippen LogP contribution is 2.33. The smallest absolute Gasteiger partial charge is 0.186 e. The topological polar surface area (TPSA) is 279 Å². The minimum Gasteiger partial charge on any atom is -0.394 e. The van der Waals surface area contributed by atoms with Crippen molar-refractivity contribution in [3.05, 3.63) is 0 Å². The molecule has 13 atom stereocenters. The first kappa shape index (κ1) is 32.7. The Hall–Kier alpha value is -1.16. The maximum Gasteiger partial charge on any atom is 0.186 e. The summed E-state index contributed by atoms with van der Waals surface area (Å²) in [4.78, 5) is 4.45. The van der Waals surface area contributed by atoms with Crippen molar-refractivity contribution in [2.24, 2.45) is 27.9 Å². The number of rotatable bonds is 11. The van der Waals surface area contributed by atoms with Gasteiger partial charge in [0.2, 0.25) is 0 Å². The van der Waals surface area contributed by atoms with Crippen LogP contribution in [0.3, 0.4) is 0 Å². The van der Waals surface area contributed by atoms with E-state index in [2.05, 4.69) is 15.6 Å². The van der Waals surface area contributed by atoms with E-state index in [9.17, 15) is 29.9 Å². The second-order valence-corrected chi connectivity index (χ2v) is 11.4. The van der Waals surface area contributed by atoms with E-state index in [0.717, 1.165) is 0 Å². The van der Waals surface area contributed by atoms with E-state index in [1.165, 1.54) is 0 Å². The molecule has 4 aliphatic rings. The van der Waals surface area contributed by atoms with E-state index < -0.39 is 92.3 Å². The lowest BCUT2D eigenvalue weighted by molar-refractivity contribution is -0.312. The molecule has 4 fully saturated rings. The van der Waals surface area contributed by atoms with Crippen molar-refractivity contribution in [3.8, 4) is 0 Å². The van der Waals surface area contributed by atoms with Gasteiger partial charge < -0.3 is 78.0 Å². The molecule has 4 rings (SSSR count). The molecule has 0 aromatic carbocycles. The number of β-amino-alcohol motifs (C(OH)–C–C–N with tert-alkyl or cyclic N) is 1. The van der Waals surface area contributed by atoms with Crippen LogP contribution < -0.4 is 33.6 Å². The molecule has 0 aromatic heterocycles. The summed E-state index contributed by atoms with van der Waals surface area (Å²) in [6.45, 7) is -0.154. The molecule has 3 saturated heterocycles. The van der Waals surface area contributed by atoms with Gasteiger partial charge in [0.25, 0.3) is 0 Å². The average molecular weight is 596 g/mol. The molecule has 238 valence electrons. The Labute approximate surface area is 237 Å². The molecule has 13 unspecified atom stereocenters. The number of hydrogen-bond acceptors (Lipinski definition) is 15. The van der Waals surface area contributed by atoms with Crippen LogP contribution in [-0.2, 0) is 18.9 Å². The van der Waals surface area contributed by atoms with Crippen LogP contribution in [0.4, 0.5) is 4.39 Å². The minimum absolute atomic E-state index is 0.0830. The number of aliphatic hydroxyl groups excluding tert-OH is 4. The van der Waals surface area contributed by atoms with Crippen molar-refractivity contribution in [2.75, 3.05) is 39.5 Å². The number of hydrogen-bond donors (Lipinski definition) is 11. The zero-order valence-electron chi connectivity index (χ0n) is 22.9. The molecule has 3 aliphatic heterocycles. The van der Waals surface area contributed by atoms with E-state index in [0.29, 0.717) is 19.4 Å². The van der Waals surface area contributed by atoms with Crippen LogP contribution in [0.1, 0.15) is 19.3 Å². The first-order valence-electron chi connectivity index (χ1n) is 14.1. The fourth-order valence-electron chi connectivity index (χ4n) is 5.56. The number of amidine groups is 1. The molecule has 0 spiro atoms.